The molecule has 500 valence electrons. The van der Waals surface area contributed by atoms with E-state index < -0.39 is 156 Å². The number of carbonyl (C=O) groups is 7. The molecule has 8 bridgehead atoms. The molecule has 1 aromatic rings. The summed E-state index contributed by atoms with van der Waals surface area (Å²) in [5, 5.41) is 43.5. The number of carbonyl (C=O) groups excluding carboxylic acids is 7. The number of benzene rings is 1. The monoisotopic (exact) mass is 1280 g/mol. The molecule has 90 heavy (non-hydrogen) atoms. The summed E-state index contributed by atoms with van der Waals surface area (Å²) in [4.78, 5) is 107. The lowest BCUT2D eigenvalue weighted by molar-refractivity contribution is -0.124. The Hall–Kier alpha value is -6.32. The Morgan fingerprint density at radius 3 is 1.91 bits per heavy atom. The summed E-state index contributed by atoms with van der Waals surface area (Å²) in [6.07, 6.45) is -4.37. The second kappa shape index (κ2) is 26.0. The molecule has 21 N–H and O–H groups in total. The Balaban J connectivity index is 1.17. The Kier molecular flexibility index (Phi) is 20.1. The molecular weight excluding hydrogens is 1180 g/mol. The first-order valence-electron chi connectivity index (χ1n) is 31.3. The minimum absolute atomic E-state index is 0.0168. The van der Waals surface area contributed by atoms with E-state index >= 15 is 0 Å². The lowest BCUT2D eigenvalue weighted by atomic mass is 9.56. The number of nitrogens with zero attached hydrogens (tertiary/aromatic N) is 1. The number of aryl methyl sites for hydroxylation is 2. The third kappa shape index (κ3) is 13.2. The van der Waals surface area contributed by atoms with E-state index in [1.165, 1.54) is 6.92 Å². The smallest absolute Gasteiger partial charge is 0.394 e. The van der Waals surface area contributed by atoms with E-state index in [-0.39, 0.29) is 83.3 Å². The number of fused-ring (bicyclic) bond motifs is 10. The first kappa shape index (κ1) is 69.6. The summed E-state index contributed by atoms with van der Waals surface area (Å²) < 4.78 is 30.9. The minimum Gasteiger partial charge on any atom is -0.394 e. The maximum absolute atomic E-state index is 14.4. The highest BCUT2D eigenvalue weighted by atomic mass is 31.2. The van der Waals surface area contributed by atoms with Crippen molar-refractivity contribution in [3.05, 3.63) is 57.6 Å². The van der Waals surface area contributed by atoms with Gasteiger partial charge in [0.25, 0.3) is 0 Å². The normalized spacial score (nSPS) is 37.2. The van der Waals surface area contributed by atoms with Crippen LogP contribution < -0.4 is 71.2 Å². The highest BCUT2D eigenvalue weighted by Gasteiger charge is 2.68. The maximum atomic E-state index is 14.4. The predicted molar refractivity (Wildman–Crippen MR) is 334 cm³/mol. The average Bonchev–Trinajstić information content (AvgIpc) is 1.53. The van der Waals surface area contributed by atoms with Crippen LogP contribution in [0.5, 0.6) is 0 Å². The summed E-state index contributed by atoms with van der Waals surface area (Å²) in [7, 11) is -5.03. The number of phosphoric acid groups is 1. The zero-order chi connectivity index (χ0) is 66.7. The lowest BCUT2D eigenvalue weighted by Crippen LogP contribution is -2.64. The van der Waals surface area contributed by atoms with Gasteiger partial charge in [0.15, 0.2) is 6.23 Å². The predicted octanol–water partition coefficient (Wildman–Crippen LogP) is 1.38. The number of nitrogens with two attached hydrogens (primary N) is 6. The summed E-state index contributed by atoms with van der Waals surface area (Å²) >= 11 is 0. The number of rotatable bonds is 26. The van der Waals surface area contributed by atoms with E-state index in [0.29, 0.717) is 17.8 Å². The van der Waals surface area contributed by atoms with Crippen LogP contribution in [0, 0.1) is 59.2 Å². The fourth-order valence-electron chi connectivity index (χ4n) is 16.9. The second-order valence-corrected chi connectivity index (χ2v) is 29.4. The molecule has 5 saturated heterocycles. The van der Waals surface area contributed by atoms with Crippen molar-refractivity contribution in [2.75, 3.05) is 30.0 Å². The van der Waals surface area contributed by atoms with Gasteiger partial charge in [-0.05, 0) is 125 Å². The van der Waals surface area contributed by atoms with Crippen LogP contribution in [0.15, 0.2) is 46.4 Å². The number of amides is 7. The number of hydrogen-bond acceptors (Lipinski definition) is 19. The molecule has 0 aliphatic carbocycles. The highest BCUT2D eigenvalue weighted by Crippen LogP contribution is 2.62. The third-order valence-electron chi connectivity index (χ3n) is 21.9. The van der Waals surface area contributed by atoms with Crippen molar-refractivity contribution in [1.82, 2.24) is 26.6 Å². The van der Waals surface area contributed by atoms with Crippen LogP contribution in [0.25, 0.3) is 0 Å². The van der Waals surface area contributed by atoms with E-state index in [1.54, 1.807) is 4.90 Å². The molecule has 1 aromatic carbocycles. The molecule has 8 rings (SSSR count). The standard InChI is InChI=1S/C62H98N13O14P/c1-29-20-39-40(21-30(29)2)75(28-70-39)57-52(84)53(41(27-76)87-57)89-90(85,86)88-31(3)26-69-49(83)18-19-59(8)37(22-46(66)80)56-62(11)61(10,25-48(68)82)36(14-17-45(65)79)51(74-62)33(5)55-60(9,24-47(67)81)34(12-15-43(63)77)38(71-55)23-42-58(6,7)35(13-16-44(64)78)50(72-42)32(4)54(59)73-56/h20-21,23,31,34-38,41,50-53,56-57,70-74,76,84H,12-19,22,24-28H2,1-11H3,(H2,63,77)(H2,64,78)(H2,65,79)(H2,66,80)(H2,67,81)(H2,68,82)(H,69,83)(H,85,86)/b42-23-,54-32-,55-33-/t31-,34-,35-,36-,37+,38?,41-,50?,51?,52-,53-,56-,57+,59-,60+,61+,62+/m1/s1. The van der Waals surface area contributed by atoms with Gasteiger partial charge in [-0.1, -0.05) is 34.6 Å². The van der Waals surface area contributed by atoms with Gasteiger partial charge in [0.2, 0.25) is 41.4 Å². The van der Waals surface area contributed by atoms with Gasteiger partial charge in [0.05, 0.1) is 36.8 Å². The number of aliphatic hydroxyl groups excluding tert-OH is 2. The van der Waals surface area contributed by atoms with Crippen molar-refractivity contribution < 1.29 is 67.0 Å². The van der Waals surface area contributed by atoms with Crippen LogP contribution >= 0.6 is 7.82 Å². The Morgan fingerprint density at radius 1 is 0.744 bits per heavy atom. The van der Waals surface area contributed by atoms with Gasteiger partial charge in [-0.3, -0.25) is 42.6 Å². The topological polar surface area (TPSA) is 456 Å². The molecule has 0 spiro atoms. The number of allylic oxidation sites excluding steroid dienone is 3. The van der Waals surface area contributed by atoms with Gasteiger partial charge in [-0.25, -0.2) is 4.57 Å². The van der Waals surface area contributed by atoms with Gasteiger partial charge >= 0.3 is 7.82 Å². The van der Waals surface area contributed by atoms with E-state index in [1.807, 2.05) is 67.5 Å². The van der Waals surface area contributed by atoms with Gasteiger partial charge in [-0.15, -0.1) is 0 Å². The van der Waals surface area contributed by atoms with E-state index in [9.17, 15) is 53.2 Å². The van der Waals surface area contributed by atoms with Crippen molar-refractivity contribution >= 4 is 60.5 Å². The first-order valence-corrected chi connectivity index (χ1v) is 32.8. The third-order valence-corrected chi connectivity index (χ3v) is 23.0. The minimum atomic E-state index is -5.03. The highest BCUT2D eigenvalue weighted by molar-refractivity contribution is 7.47. The number of ether oxygens (including phenoxy) is 1. The van der Waals surface area contributed by atoms with Gasteiger partial charge < -0.3 is 91.0 Å². The first-order chi connectivity index (χ1) is 41.8. The van der Waals surface area contributed by atoms with Crippen LogP contribution in [0.3, 0.4) is 0 Å². The zero-order valence-electron chi connectivity index (χ0n) is 53.8. The molecule has 7 heterocycles. The fraction of sp³-hybridized carbons (Fsp3) is 0.694. The lowest BCUT2D eigenvalue weighted by Gasteiger charge is -2.49. The number of primary amides is 6. The van der Waals surface area contributed by atoms with Crippen molar-refractivity contribution in [3.8, 4) is 0 Å². The Morgan fingerprint density at radius 2 is 1.32 bits per heavy atom. The fourth-order valence-corrected chi connectivity index (χ4v) is 18.0. The van der Waals surface area contributed by atoms with Gasteiger partial charge in [0, 0.05) is 120 Å². The van der Waals surface area contributed by atoms with Gasteiger partial charge in [0.1, 0.15) is 18.3 Å². The van der Waals surface area contributed by atoms with Crippen LogP contribution in [-0.2, 0) is 51.9 Å². The van der Waals surface area contributed by atoms with E-state index in [0.717, 1.165) is 39.3 Å². The second-order valence-electron chi connectivity index (χ2n) is 28.1. The zero-order valence-corrected chi connectivity index (χ0v) is 54.7. The largest absolute Gasteiger partial charge is 0.472 e. The molecule has 5 fully saturated rings. The van der Waals surface area contributed by atoms with E-state index in [4.69, 9.17) is 48.2 Å². The molecule has 4 unspecified atom stereocenters. The van der Waals surface area contributed by atoms with Crippen LogP contribution in [-0.4, -0.2) is 137 Å². The number of nitrogens with one attached hydrogen (secondary N) is 6. The quantitative estimate of drug-likeness (QED) is 0.0583. The Labute approximate surface area is 526 Å². The molecule has 7 amide bonds. The van der Waals surface area contributed by atoms with Crippen molar-refractivity contribution in [2.24, 2.45) is 79.7 Å². The summed E-state index contributed by atoms with van der Waals surface area (Å²) in [5.41, 5.74) is 38.3. The maximum Gasteiger partial charge on any atom is 0.472 e. The Bertz CT molecular complexity index is 3180. The van der Waals surface area contributed by atoms with Crippen LogP contribution in [0.1, 0.15) is 144 Å². The SMILES string of the molecule is C/C1=C2/N[C@H]([C@H](CC(N)=O)[C@@]2(C)CCC(=O)NC[C@@H](C)OP(=O)(O)O[C@H]2[C@@H](O)[C@@H](N3CNc4cc(C)c(C)cc43)O[C@@H]2CO)[C@]2(C)NC(/C(C)=C3\NC(/C=C4\NC1[C@@H](CCC(N)=O)C4(C)C)[C@@H](CCC(N)=O)[C@]3(C)CC(N)=O)[C@@H](CCC(N)=O)[C@]2(C)CC(N)=O. The average molecular weight is 1280 g/mol. The molecule has 7 aliphatic heterocycles. The number of phosphoric ester groups is 1. The molecule has 0 saturated carbocycles. The number of anilines is 2. The molecule has 28 heteroatoms. The summed E-state index contributed by atoms with van der Waals surface area (Å²) in [6, 6.07) is 1.33. The van der Waals surface area contributed by atoms with E-state index in [2.05, 4.69) is 51.8 Å². The van der Waals surface area contributed by atoms with Crippen molar-refractivity contribution in [1.29, 1.82) is 0 Å². The van der Waals surface area contributed by atoms with Crippen molar-refractivity contribution in [2.45, 2.75) is 207 Å². The van der Waals surface area contributed by atoms with Gasteiger partial charge in [-0.2, -0.15) is 0 Å². The number of hydrogen-bond donors (Lipinski definition) is 15. The molecular formula is C62H98N13O14P. The molecule has 7 aliphatic rings. The summed E-state index contributed by atoms with van der Waals surface area (Å²) in [6.45, 7) is 20.5. The molecule has 0 aromatic heterocycles. The molecule has 27 nitrogen and oxygen atoms in total. The molecule has 0 radical (unpaired) electrons. The van der Waals surface area contributed by atoms with Crippen LogP contribution in [0.2, 0.25) is 0 Å². The summed E-state index contributed by atoms with van der Waals surface area (Å²) in [5.74, 6) is -6.17. The van der Waals surface area contributed by atoms with Crippen molar-refractivity contribution in [3.63, 3.8) is 0 Å². The van der Waals surface area contributed by atoms with Crippen LogP contribution in [0.4, 0.5) is 11.4 Å². The number of aliphatic hydroxyl groups is 2. The molecule has 18 atom stereocenters.